The van der Waals surface area contributed by atoms with Crippen molar-refractivity contribution >= 4 is 23.2 Å². The molecule has 126 valence electrons. The Balaban J connectivity index is 1.67. The zero-order valence-electron chi connectivity index (χ0n) is 14.1. The molecule has 0 aliphatic rings. The predicted molar refractivity (Wildman–Crippen MR) is 100.0 cm³/mol. The molecule has 0 bridgehead atoms. The van der Waals surface area contributed by atoms with Gasteiger partial charge in [0.15, 0.2) is 5.78 Å². The van der Waals surface area contributed by atoms with E-state index in [4.69, 9.17) is 5.73 Å². The maximum atomic E-state index is 12.5. The molecular weight excluding hydrogens is 312 g/mol. The minimum atomic E-state index is 0.118. The summed E-state index contributed by atoms with van der Waals surface area (Å²) in [6.45, 7) is 2.06. The van der Waals surface area contributed by atoms with Gasteiger partial charge in [-0.1, -0.05) is 42.0 Å². The topological polar surface area (TPSA) is 80.9 Å². The molecule has 0 amide bonds. The van der Waals surface area contributed by atoms with Crippen LogP contribution in [0.15, 0.2) is 60.8 Å². The number of nitrogens with two attached hydrogens (primary N) is 1. The molecule has 0 aliphatic heterocycles. The van der Waals surface area contributed by atoms with E-state index in [1.165, 1.54) is 11.1 Å². The highest BCUT2D eigenvalue weighted by atomic mass is 16.1. The van der Waals surface area contributed by atoms with Crippen molar-refractivity contribution in [3.8, 4) is 0 Å². The van der Waals surface area contributed by atoms with Gasteiger partial charge in [-0.2, -0.15) is 4.98 Å². The fraction of sp³-hybridized carbons (Fsp3) is 0.150. The van der Waals surface area contributed by atoms with Crippen LogP contribution in [-0.2, 0) is 6.42 Å². The maximum absolute atomic E-state index is 12.5. The quantitative estimate of drug-likeness (QED) is 0.669. The highest BCUT2D eigenvalue weighted by molar-refractivity contribution is 5.97. The molecule has 5 nitrogen and oxygen atoms in total. The van der Waals surface area contributed by atoms with Crippen LogP contribution in [0.2, 0.25) is 0 Å². The van der Waals surface area contributed by atoms with Crippen LogP contribution < -0.4 is 11.1 Å². The van der Waals surface area contributed by atoms with E-state index in [1.807, 2.05) is 30.3 Å². The number of Topliss-reactive ketones (excluding diaryl/α,β-unsaturated/α-hetero) is 1. The number of carbonyl (C=O) groups excluding carboxylic acids is 1. The SMILES string of the molecule is Cc1cccc(CCC(=O)c2cccc(Nc3ccnc(N)n3)c2)c1. The van der Waals surface area contributed by atoms with E-state index in [1.54, 1.807) is 12.3 Å². The summed E-state index contributed by atoms with van der Waals surface area (Å²) in [5.41, 5.74) is 9.44. The molecule has 0 atom stereocenters. The molecule has 3 rings (SSSR count). The Hall–Kier alpha value is -3.21. The molecule has 0 saturated heterocycles. The molecule has 0 fully saturated rings. The fourth-order valence-electron chi connectivity index (χ4n) is 2.63. The third-order valence-corrected chi connectivity index (χ3v) is 3.85. The molecule has 1 heterocycles. The Kier molecular flexibility index (Phi) is 5.04. The second-order valence-corrected chi connectivity index (χ2v) is 5.92. The first-order valence-corrected chi connectivity index (χ1v) is 8.14. The lowest BCUT2D eigenvalue weighted by Gasteiger charge is -2.08. The van der Waals surface area contributed by atoms with E-state index in [2.05, 4.69) is 40.4 Å². The third-order valence-electron chi connectivity index (χ3n) is 3.85. The van der Waals surface area contributed by atoms with Gasteiger partial charge in [-0.05, 0) is 37.1 Å². The summed E-state index contributed by atoms with van der Waals surface area (Å²) in [6, 6.07) is 17.4. The number of nitrogens with one attached hydrogen (secondary N) is 1. The second-order valence-electron chi connectivity index (χ2n) is 5.92. The second kappa shape index (κ2) is 7.57. The average molecular weight is 332 g/mol. The number of nitrogens with zero attached hydrogens (tertiary/aromatic N) is 2. The largest absolute Gasteiger partial charge is 0.368 e. The van der Waals surface area contributed by atoms with Crippen LogP contribution in [-0.4, -0.2) is 15.8 Å². The first-order valence-electron chi connectivity index (χ1n) is 8.14. The molecule has 5 heteroatoms. The highest BCUT2D eigenvalue weighted by Gasteiger charge is 2.08. The van der Waals surface area contributed by atoms with Gasteiger partial charge in [0.25, 0.3) is 0 Å². The first kappa shape index (κ1) is 16.6. The lowest BCUT2D eigenvalue weighted by atomic mass is 10.0. The number of hydrogen-bond acceptors (Lipinski definition) is 5. The van der Waals surface area contributed by atoms with Crippen LogP contribution >= 0.6 is 0 Å². The molecular formula is C20H20N4O. The van der Waals surface area contributed by atoms with Gasteiger partial charge in [-0.3, -0.25) is 4.79 Å². The Morgan fingerprint density at radius 3 is 2.76 bits per heavy atom. The number of aromatic nitrogens is 2. The molecule has 3 aromatic rings. The average Bonchev–Trinajstić information content (AvgIpc) is 2.60. The van der Waals surface area contributed by atoms with Crippen molar-refractivity contribution in [3.05, 3.63) is 77.5 Å². The molecule has 25 heavy (non-hydrogen) atoms. The molecule has 0 saturated carbocycles. The molecule has 0 radical (unpaired) electrons. The van der Waals surface area contributed by atoms with E-state index in [0.29, 0.717) is 17.8 Å². The van der Waals surface area contributed by atoms with Crippen LogP contribution in [0.4, 0.5) is 17.5 Å². The van der Waals surface area contributed by atoms with Crippen LogP contribution in [0.3, 0.4) is 0 Å². The van der Waals surface area contributed by atoms with Crippen molar-refractivity contribution in [2.45, 2.75) is 19.8 Å². The van der Waals surface area contributed by atoms with Gasteiger partial charge < -0.3 is 11.1 Å². The minimum Gasteiger partial charge on any atom is -0.368 e. The molecule has 1 aromatic heterocycles. The van der Waals surface area contributed by atoms with Crippen molar-refractivity contribution in [2.75, 3.05) is 11.1 Å². The number of rotatable bonds is 6. The van der Waals surface area contributed by atoms with Gasteiger partial charge in [0.2, 0.25) is 5.95 Å². The van der Waals surface area contributed by atoms with Crippen LogP contribution in [0.1, 0.15) is 27.9 Å². The van der Waals surface area contributed by atoms with Crippen molar-refractivity contribution in [2.24, 2.45) is 0 Å². The number of carbonyl (C=O) groups is 1. The monoisotopic (exact) mass is 332 g/mol. The molecule has 0 unspecified atom stereocenters. The number of hydrogen-bond donors (Lipinski definition) is 2. The zero-order valence-corrected chi connectivity index (χ0v) is 14.1. The number of aryl methyl sites for hydroxylation is 2. The molecule has 0 aliphatic carbocycles. The summed E-state index contributed by atoms with van der Waals surface area (Å²) in [6.07, 6.45) is 2.80. The van der Waals surface area contributed by atoms with E-state index >= 15 is 0 Å². The normalized spacial score (nSPS) is 10.4. The summed E-state index contributed by atoms with van der Waals surface area (Å²) in [4.78, 5) is 20.4. The number of benzene rings is 2. The van der Waals surface area contributed by atoms with Gasteiger partial charge in [0.05, 0.1) is 0 Å². The third kappa shape index (κ3) is 4.64. The maximum Gasteiger partial charge on any atom is 0.221 e. The molecule has 2 aromatic carbocycles. The Morgan fingerprint density at radius 1 is 1.12 bits per heavy atom. The van der Waals surface area contributed by atoms with Gasteiger partial charge in [0, 0.05) is 23.9 Å². The first-order chi connectivity index (χ1) is 12.1. The van der Waals surface area contributed by atoms with Crippen molar-refractivity contribution in [3.63, 3.8) is 0 Å². The van der Waals surface area contributed by atoms with Crippen molar-refractivity contribution in [1.29, 1.82) is 0 Å². The van der Waals surface area contributed by atoms with E-state index < -0.39 is 0 Å². The van der Waals surface area contributed by atoms with Gasteiger partial charge in [-0.25, -0.2) is 4.98 Å². The number of anilines is 3. The Morgan fingerprint density at radius 2 is 1.96 bits per heavy atom. The van der Waals surface area contributed by atoms with Gasteiger partial charge >= 0.3 is 0 Å². The molecule has 3 N–H and O–H groups in total. The van der Waals surface area contributed by atoms with Crippen LogP contribution in [0.5, 0.6) is 0 Å². The van der Waals surface area contributed by atoms with Crippen LogP contribution in [0.25, 0.3) is 0 Å². The highest BCUT2D eigenvalue weighted by Crippen LogP contribution is 2.18. The summed E-state index contributed by atoms with van der Waals surface area (Å²) < 4.78 is 0. The lowest BCUT2D eigenvalue weighted by molar-refractivity contribution is 0.0983. The summed E-state index contributed by atoms with van der Waals surface area (Å²) >= 11 is 0. The summed E-state index contributed by atoms with van der Waals surface area (Å²) in [5.74, 6) is 0.916. The van der Waals surface area contributed by atoms with Gasteiger partial charge in [0.1, 0.15) is 5.82 Å². The lowest BCUT2D eigenvalue weighted by Crippen LogP contribution is -2.03. The van der Waals surface area contributed by atoms with Crippen molar-refractivity contribution < 1.29 is 4.79 Å². The standard InChI is InChI=1S/C20H20N4O/c1-14-4-2-5-15(12-14)8-9-18(25)16-6-3-7-17(13-16)23-19-10-11-22-20(21)24-19/h2-7,10-13H,8-9H2,1H3,(H3,21,22,23,24). The zero-order chi connectivity index (χ0) is 17.6. The minimum absolute atomic E-state index is 0.118. The van der Waals surface area contributed by atoms with Crippen LogP contribution in [0, 0.1) is 6.92 Å². The van der Waals surface area contributed by atoms with E-state index in [-0.39, 0.29) is 11.7 Å². The van der Waals surface area contributed by atoms with E-state index in [9.17, 15) is 4.79 Å². The predicted octanol–water partition coefficient (Wildman–Crippen LogP) is 3.93. The van der Waals surface area contributed by atoms with E-state index in [0.717, 1.165) is 12.1 Å². The smallest absolute Gasteiger partial charge is 0.221 e. The van der Waals surface area contributed by atoms with Crippen molar-refractivity contribution in [1.82, 2.24) is 9.97 Å². The molecule has 0 spiro atoms. The number of ketones is 1. The Labute approximate surface area is 146 Å². The Bertz CT molecular complexity index is 892. The van der Waals surface area contributed by atoms with Gasteiger partial charge in [-0.15, -0.1) is 0 Å². The summed E-state index contributed by atoms with van der Waals surface area (Å²) in [5, 5.41) is 3.14. The summed E-state index contributed by atoms with van der Waals surface area (Å²) in [7, 11) is 0. The number of nitrogen functional groups attached to an aromatic ring is 1. The fourth-order valence-corrected chi connectivity index (χ4v) is 2.63.